The van der Waals surface area contributed by atoms with E-state index in [1.165, 1.54) is 13.2 Å². The van der Waals surface area contributed by atoms with Crippen molar-refractivity contribution >= 4 is 39.1 Å². The number of carbonyl (C=O) groups is 1. The van der Waals surface area contributed by atoms with E-state index in [-0.39, 0.29) is 5.91 Å². The van der Waals surface area contributed by atoms with E-state index in [2.05, 4.69) is 33.3 Å². The molecule has 0 atom stereocenters. The number of nitrogens with two attached hydrogens (primary N) is 1. The molecule has 8 heteroatoms. The number of rotatable bonds is 3. The van der Waals surface area contributed by atoms with Crippen molar-refractivity contribution < 1.29 is 9.53 Å². The molecular formula is C14H22BrClN4O2. The monoisotopic (exact) mass is 392 g/mol. The highest BCUT2D eigenvalue weighted by Crippen LogP contribution is 2.28. The number of nitrogen functional groups attached to an aromatic ring is 1. The molecule has 1 heterocycles. The van der Waals surface area contributed by atoms with Gasteiger partial charge >= 0.3 is 0 Å². The smallest absolute Gasteiger partial charge is 0.269 e. The van der Waals surface area contributed by atoms with Gasteiger partial charge in [-0.25, -0.2) is 5.01 Å². The second-order valence-corrected chi connectivity index (χ2v) is 5.21. The number of nitrogens with one attached hydrogen (secondary N) is 1. The van der Waals surface area contributed by atoms with Gasteiger partial charge in [0.1, 0.15) is 5.75 Å². The van der Waals surface area contributed by atoms with Crippen LogP contribution in [0.3, 0.4) is 0 Å². The first-order valence-corrected chi connectivity index (χ1v) is 8.73. The molecule has 1 aromatic rings. The summed E-state index contributed by atoms with van der Waals surface area (Å²) in [5, 5.41) is 2.24. The molecule has 0 aliphatic carbocycles. The van der Waals surface area contributed by atoms with Gasteiger partial charge in [0, 0.05) is 32.2 Å². The summed E-state index contributed by atoms with van der Waals surface area (Å²) in [5.41, 5.74) is 9.34. The Morgan fingerprint density at radius 2 is 1.91 bits per heavy atom. The highest BCUT2D eigenvalue weighted by molar-refractivity contribution is 9.08. The molecule has 1 aliphatic rings. The number of ether oxygens (including phenoxy) is 1. The average molecular weight is 394 g/mol. The first-order chi connectivity index (χ1) is 10.5. The van der Waals surface area contributed by atoms with E-state index in [1.807, 2.05) is 10.8 Å². The Balaban J connectivity index is 0.00000116. The quantitative estimate of drug-likeness (QED) is 0.606. The Morgan fingerprint density at radius 1 is 1.32 bits per heavy atom. The van der Waals surface area contributed by atoms with Crippen LogP contribution in [0.2, 0.25) is 5.02 Å². The largest absolute Gasteiger partial charge is 0.496 e. The minimum absolute atomic E-state index is 0.242. The van der Waals surface area contributed by atoms with E-state index in [0.29, 0.717) is 22.0 Å². The lowest BCUT2D eigenvalue weighted by atomic mass is 10.1. The predicted octanol–water partition coefficient (Wildman–Crippen LogP) is 1.83. The lowest BCUT2D eigenvalue weighted by Gasteiger charge is -2.32. The van der Waals surface area contributed by atoms with Gasteiger partial charge in [0.2, 0.25) is 0 Å². The number of nitrogens with zero attached hydrogens (tertiary/aromatic N) is 2. The van der Waals surface area contributed by atoms with Crippen LogP contribution in [-0.4, -0.2) is 62.0 Å². The lowest BCUT2D eigenvalue weighted by molar-refractivity contribution is 0.0660. The second kappa shape index (κ2) is 9.19. The summed E-state index contributed by atoms with van der Waals surface area (Å²) in [4.78, 5) is 14.5. The average Bonchev–Trinajstić information content (AvgIpc) is 2.53. The third kappa shape index (κ3) is 5.01. The minimum atomic E-state index is -0.242. The number of hydrazine groups is 1. The number of hydrogen-bond donors (Lipinski definition) is 2. The van der Waals surface area contributed by atoms with Crippen molar-refractivity contribution in [1.82, 2.24) is 15.3 Å². The molecule has 2 rings (SSSR count). The fourth-order valence-electron chi connectivity index (χ4n) is 2.04. The molecule has 0 radical (unpaired) electrons. The molecular weight excluding hydrogens is 372 g/mol. The normalized spacial score (nSPS) is 15.7. The molecule has 0 saturated carbocycles. The van der Waals surface area contributed by atoms with Crippen LogP contribution < -0.4 is 15.9 Å². The number of hydrogen-bond acceptors (Lipinski definition) is 5. The zero-order chi connectivity index (χ0) is 16.7. The Hall–Kier alpha value is -1.02. The third-order valence-corrected chi connectivity index (χ3v) is 3.65. The van der Waals surface area contributed by atoms with Crippen molar-refractivity contribution in [3.05, 3.63) is 22.7 Å². The molecule has 1 saturated heterocycles. The third-order valence-electron chi connectivity index (χ3n) is 3.33. The second-order valence-electron chi connectivity index (χ2n) is 4.81. The van der Waals surface area contributed by atoms with Crippen LogP contribution in [0.15, 0.2) is 12.1 Å². The number of piperazine rings is 1. The maximum Gasteiger partial charge on any atom is 0.269 e. The van der Waals surface area contributed by atoms with Gasteiger partial charge < -0.3 is 15.4 Å². The molecule has 0 unspecified atom stereocenters. The van der Waals surface area contributed by atoms with E-state index in [0.717, 1.165) is 26.2 Å². The van der Waals surface area contributed by atoms with Crippen LogP contribution in [0.25, 0.3) is 0 Å². The fourth-order valence-corrected chi connectivity index (χ4v) is 2.20. The first-order valence-electron chi connectivity index (χ1n) is 6.76. The Bertz CT molecular complexity index is 508. The summed E-state index contributed by atoms with van der Waals surface area (Å²) in [7, 11) is 3.55. The Morgan fingerprint density at radius 3 is 2.45 bits per heavy atom. The molecule has 1 aliphatic heterocycles. The topological polar surface area (TPSA) is 70.8 Å². The zero-order valence-corrected chi connectivity index (χ0v) is 15.4. The lowest BCUT2D eigenvalue weighted by Crippen LogP contribution is -2.52. The van der Waals surface area contributed by atoms with Crippen molar-refractivity contribution in [2.24, 2.45) is 0 Å². The van der Waals surface area contributed by atoms with Crippen LogP contribution >= 0.6 is 27.5 Å². The number of methoxy groups -OCH3 is 1. The summed E-state index contributed by atoms with van der Waals surface area (Å²) in [6.45, 7) is 3.40. The van der Waals surface area contributed by atoms with E-state index in [4.69, 9.17) is 22.1 Å². The number of benzene rings is 1. The van der Waals surface area contributed by atoms with Crippen LogP contribution in [0.1, 0.15) is 10.4 Å². The van der Waals surface area contributed by atoms with Gasteiger partial charge in [0.05, 0.1) is 23.4 Å². The molecule has 0 bridgehead atoms. The van der Waals surface area contributed by atoms with Crippen molar-refractivity contribution in [3.63, 3.8) is 0 Å². The number of likely N-dealkylation sites (N-methyl/N-ethyl adjacent to an activating group) is 1. The fraction of sp³-hybridized carbons (Fsp3) is 0.500. The van der Waals surface area contributed by atoms with Crippen molar-refractivity contribution in [3.8, 4) is 5.75 Å². The summed E-state index contributed by atoms with van der Waals surface area (Å²) in [5.74, 6) is 1.99. The standard InChI is InChI=1S/C13H19ClN4O2.CH3Br/c1-17-3-5-18(6-4-17)16-13(19)9-7-10(14)11(15)8-12(9)20-2;1-2/h7-8H,3-6,15H2,1-2H3,(H,16,19);1H3. The van der Waals surface area contributed by atoms with Gasteiger partial charge in [0.15, 0.2) is 0 Å². The molecule has 1 fully saturated rings. The molecule has 6 nitrogen and oxygen atoms in total. The van der Waals surface area contributed by atoms with E-state index in [9.17, 15) is 4.79 Å². The van der Waals surface area contributed by atoms with Gasteiger partial charge in [-0.1, -0.05) is 27.5 Å². The van der Waals surface area contributed by atoms with Crippen LogP contribution in [0.5, 0.6) is 5.75 Å². The van der Waals surface area contributed by atoms with E-state index < -0.39 is 0 Å². The SMILES string of the molecule is CBr.COc1cc(N)c(Cl)cc1C(=O)NN1CCN(C)CC1. The summed E-state index contributed by atoms with van der Waals surface area (Å²) in [6, 6.07) is 3.09. The zero-order valence-electron chi connectivity index (χ0n) is 13.0. The number of anilines is 1. The predicted molar refractivity (Wildman–Crippen MR) is 93.8 cm³/mol. The molecule has 0 aromatic heterocycles. The molecule has 1 amide bonds. The Kier molecular flexibility index (Phi) is 7.95. The van der Waals surface area contributed by atoms with Crippen LogP contribution in [-0.2, 0) is 0 Å². The van der Waals surface area contributed by atoms with Crippen molar-refractivity contribution in [2.45, 2.75) is 0 Å². The molecule has 1 aromatic carbocycles. The molecule has 0 spiro atoms. The van der Waals surface area contributed by atoms with Gasteiger partial charge in [0.25, 0.3) is 5.91 Å². The van der Waals surface area contributed by atoms with Gasteiger partial charge in [-0.05, 0) is 18.9 Å². The highest BCUT2D eigenvalue weighted by Gasteiger charge is 2.20. The van der Waals surface area contributed by atoms with Gasteiger partial charge in [-0.15, -0.1) is 0 Å². The van der Waals surface area contributed by atoms with Gasteiger partial charge in [-0.3, -0.25) is 10.2 Å². The van der Waals surface area contributed by atoms with E-state index in [1.54, 1.807) is 6.07 Å². The molecule has 124 valence electrons. The van der Waals surface area contributed by atoms with Crippen molar-refractivity contribution in [2.75, 3.05) is 51.9 Å². The minimum Gasteiger partial charge on any atom is -0.496 e. The van der Waals surface area contributed by atoms with Crippen molar-refractivity contribution in [1.29, 1.82) is 0 Å². The van der Waals surface area contributed by atoms with Crippen LogP contribution in [0, 0.1) is 0 Å². The number of alkyl halides is 1. The number of halogens is 2. The Labute approximate surface area is 144 Å². The van der Waals surface area contributed by atoms with E-state index >= 15 is 0 Å². The van der Waals surface area contributed by atoms with Crippen LogP contribution in [0.4, 0.5) is 5.69 Å². The maximum atomic E-state index is 12.3. The van der Waals surface area contributed by atoms with Gasteiger partial charge in [-0.2, -0.15) is 0 Å². The first kappa shape index (κ1) is 19.0. The summed E-state index contributed by atoms with van der Waals surface area (Å²) in [6.07, 6.45) is 0. The maximum absolute atomic E-state index is 12.3. The number of carbonyl (C=O) groups excluding carboxylic acids is 1. The molecule has 3 N–H and O–H groups in total. The highest BCUT2D eigenvalue weighted by atomic mass is 79.9. The summed E-state index contributed by atoms with van der Waals surface area (Å²) >= 11 is 8.91. The number of amides is 1. The summed E-state index contributed by atoms with van der Waals surface area (Å²) < 4.78 is 5.18. The molecule has 22 heavy (non-hydrogen) atoms.